The van der Waals surface area contributed by atoms with Gasteiger partial charge in [0.05, 0.1) is 25.2 Å². The number of halogens is 3. The molecule has 1 aromatic carbocycles. The molecule has 1 atom stereocenters. The van der Waals surface area contributed by atoms with Crippen molar-refractivity contribution >= 4 is 11.9 Å². The summed E-state index contributed by atoms with van der Waals surface area (Å²) in [5.74, 6) is -1.55. The van der Waals surface area contributed by atoms with Crippen LogP contribution in [0.5, 0.6) is 5.75 Å². The largest absolute Gasteiger partial charge is 0.496 e. The van der Waals surface area contributed by atoms with Crippen LogP contribution < -0.4 is 4.74 Å². The molecule has 0 saturated carbocycles. The number of carboxylic acids is 1. The number of benzene rings is 1. The summed E-state index contributed by atoms with van der Waals surface area (Å²) in [4.78, 5) is 29.7. The van der Waals surface area contributed by atoms with E-state index < -0.39 is 12.1 Å². The lowest BCUT2D eigenvalue weighted by Gasteiger charge is -2.36. The van der Waals surface area contributed by atoms with Gasteiger partial charge in [-0.3, -0.25) is 9.69 Å². The zero-order valence-corrected chi connectivity index (χ0v) is 17.6. The van der Waals surface area contributed by atoms with Gasteiger partial charge < -0.3 is 19.3 Å². The van der Waals surface area contributed by atoms with Crippen LogP contribution in [0.25, 0.3) is 0 Å². The molecule has 8 nitrogen and oxygen atoms in total. The normalized spacial score (nSPS) is 18.7. The van der Waals surface area contributed by atoms with Crippen molar-refractivity contribution in [3.8, 4) is 5.75 Å². The summed E-state index contributed by atoms with van der Waals surface area (Å²) in [7, 11) is 1.71. The van der Waals surface area contributed by atoms with E-state index in [9.17, 15) is 18.0 Å². The Labute approximate surface area is 183 Å². The van der Waals surface area contributed by atoms with Crippen molar-refractivity contribution in [2.75, 3.05) is 26.7 Å². The molecule has 2 aromatic rings. The fraction of sp³-hybridized carbons (Fsp3) is 0.476. The molecule has 1 N–H and O–H groups in total. The summed E-state index contributed by atoms with van der Waals surface area (Å²) < 4.78 is 39.5. The zero-order chi connectivity index (χ0) is 23.3. The Bertz CT molecular complexity index is 947. The molecule has 32 heavy (non-hydrogen) atoms. The third kappa shape index (κ3) is 5.78. The number of carboxylic acid groups (broad SMARTS) is 1. The lowest BCUT2D eigenvalue weighted by atomic mass is 10.1. The smallest absolute Gasteiger partial charge is 0.490 e. The number of alkyl halides is 3. The van der Waals surface area contributed by atoms with E-state index in [0.29, 0.717) is 6.42 Å². The van der Waals surface area contributed by atoms with Gasteiger partial charge >= 0.3 is 12.1 Å². The molecule has 0 bridgehead atoms. The van der Waals surface area contributed by atoms with Crippen LogP contribution in [0.4, 0.5) is 13.2 Å². The molecule has 1 amide bonds. The minimum absolute atomic E-state index is 0.253. The fourth-order valence-electron chi connectivity index (χ4n) is 3.96. The van der Waals surface area contributed by atoms with E-state index in [1.165, 1.54) is 11.3 Å². The topological polar surface area (TPSA) is 87.9 Å². The number of ether oxygens (including phenoxy) is 1. The SMILES string of the molecule is COc1ccccc1CN1Cc2cncn2C(CN2CCCC2=O)C1.O=C(O)C(F)(F)F. The minimum atomic E-state index is -5.08. The van der Waals surface area contributed by atoms with E-state index in [-0.39, 0.29) is 11.9 Å². The Hall–Kier alpha value is -3.08. The third-order valence-electron chi connectivity index (χ3n) is 5.43. The van der Waals surface area contributed by atoms with Gasteiger partial charge in [-0.2, -0.15) is 13.2 Å². The van der Waals surface area contributed by atoms with E-state index >= 15 is 0 Å². The monoisotopic (exact) mass is 454 g/mol. The number of hydrogen-bond acceptors (Lipinski definition) is 5. The molecule has 1 aromatic heterocycles. The maximum absolute atomic E-state index is 12.0. The van der Waals surface area contributed by atoms with Crippen LogP contribution in [0, 0.1) is 0 Å². The number of likely N-dealkylation sites (tertiary alicyclic amines) is 1. The van der Waals surface area contributed by atoms with E-state index in [2.05, 4.69) is 20.5 Å². The maximum Gasteiger partial charge on any atom is 0.490 e. The summed E-state index contributed by atoms with van der Waals surface area (Å²) in [6, 6.07) is 8.41. The molecule has 174 valence electrons. The summed E-state index contributed by atoms with van der Waals surface area (Å²) in [5, 5.41) is 7.12. The number of imidazole rings is 1. The van der Waals surface area contributed by atoms with E-state index in [0.717, 1.165) is 44.9 Å². The second-order valence-corrected chi connectivity index (χ2v) is 7.67. The Kier molecular flexibility index (Phi) is 7.39. The van der Waals surface area contributed by atoms with Crippen molar-refractivity contribution in [1.29, 1.82) is 0 Å². The number of para-hydroxylation sites is 1. The highest BCUT2D eigenvalue weighted by Gasteiger charge is 2.38. The average Bonchev–Trinajstić information content (AvgIpc) is 3.37. The van der Waals surface area contributed by atoms with Gasteiger partial charge in [-0.05, 0) is 12.5 Å². The predicted molar refractivity (Wildman–Crippen MR) is 108 cm³/mol. The summed E-state index contributed by atoms with van der Waals surface area (Å²) in [6.07, 6.45) is 0.426. The van der Waals surface area contributed by atoms with Gasteiger partial charge in [0.1, 0.15) is 5.75 Å². The Morgan fingerprint density at radius 2 is 2.03 bits per heavy atom. The first kappa shape index (κ1) is 23.6. The first-order valence-corrected chi connectivity index (χ1v) is 10.1. The number of nitrogens with zero attached hydrogens (tertiary/aromatic N) is 4. The molecule has 0 spiro atoms. The van der Waals surface area contributed by atoms with Gasteiger partial charge in [-0.15, -0.1) is 0 Å². The second kappa shape index (κ2) is 10.0. The highest BCUT2D eigenvalue weighted by atomic mass is 19.4. The van der Waals surface area contributed by atoms with Gasteiger partial charge in [-0.25, -0.2) is 9.78 Å². The molecule has 3 heterocycles. The third-order valence-corrected chi connectivity index (χ3v) is 5.43. The van der Waals surface area contributed by atoms with Gasteiger partial charge in [0.15, 0.2) is 0 Å². The van der Waals surface area contributed by atoms with Gasteiger partial charge in [0, 0.05) is 50.9 Å². The summed E-state index contributed by atoms with van der Waals surface area (Å²) in [5.41, 5.74) is 2.40. The van der Waals surface area contributed by atoms with Crippen LogP contribution in [0.15, 0.2) is 36.8 Å². The first-order valence-electron chi connectivity index (χ1n) is 10.1. The number of carbonyl (C=O) groups excluding carboxylic acids is 1. The molecular formula is C21H25F3N4O4. The van der Waals surface area contributed by atoms with Gasteiger partial charge in [0.2, 0.25) is 5.91 Å². The molecule has 0 radical (unpaired) electrons. The van der Waals surface area contributed by atoms with Crippen molar-refractivity contribution in [2.24, 2.45) is 0 Å². The number of hydrogen-bond donors (Lipinski definition) is 1. The Morgan fingerprint density at radius 1 is 1.31 bits per heavy atom. The van der Waals surface area contributed by atoms with E-state index in [1.807, 2.05) is 35.6 Å². The van der Waals surface area contributed by atoms with E-state index in [1.54, 1.807) is 7.11 Å². The number of fused-ring (bicyclic) bond motifs is 1. The van der Waals surface area contributed by atoms with Crippen molar-refractivity contribution in [3.05, 3.63) is 48.0 Å². The van der Waals surface area contributed by atoms with E-state index in [4.69, 9.17) is 14.6 Å². The summed E-state index contributed by atoms with van der Waals surface area (Å²) in [6.45, 7) is 4.25. The van der Waals surface area contributed by atoms with Crippen LogP contribution >= 0.6 is 0 Å². The van der Waals surface area contributed by atoms with Crippen LogP contribution in [0.1, 0.15) is 30.1 Å². The van der Waals surface area contributed by atoms with Gasteiger partial charge in [-0.1, -0.05) is 18.2 Å². The van der Waals surface area contributed by atoms with Crippen LogP contribution in [-0.2, 0) is 22.7 Å². The predicted octanol–water partition coefficient (Wildman–Crippen LogP) is 2.70. The average molecular weight is 454 g/mol. The van der Waals surface area contributed by atoms with Crippen molar-refractivity contribution in [2.45, 2.75) is 38.1 Å². The van der Waals surface area contributed by atoms with Crippen LogP contribution in [0.3, 0.4) is 0 Å². The Balaban J connectivity index is 0.000000360. The standard InChI is InChI=1S/C19H24N4O2.C2HF3O2/c1-25-18-6-3-2-5-15(18)10-21-11-16-9-20-14-23(16)17(12-21)13-22-8-4-7-19(22)24;3-2(4,5)1(6)7/h2-3,5-6,9,14,17H,4,7-8,10-13H2,1H3;(H,6,7). The number of aliphatic carboxylic acids is 1. The molecule has 2 aliphatic rings. The number of amides is 1. The molecule has 1 unspecified atom stereocenters. The quantitative estimate of drug-likeness (QED) is 0.748. The highest BCUT2D eigenvalue weighted by molar-refractivity contribution is 5.78. The number of carbonyl (C=O) groups is 2. The zero-order valence-electron chi connectivity index (χ0n) is 17.6. The van der Waals surface area contributed by atoms with Crippen molar-refractivity contribution in [1.82, 2.24) is 19.4 Å². The van der Waals surface area contributed by atoms with Crippen molar-refractivity contribution < 1.29 is 32.6 Å². The summed E-state index contributed by atoms with van der Waals surface area (Å²) >= 11 is 0. The van der Waals surface area contributed by atoms with Crippen LogP contribution in [0.2, 0.25) is 0 Å². The highest BCUT2D eigenvalue weighted by Crippen LogP contribution is 2.27. The molecular weight excluding hydrogens is 429 g/mol. The molecule has 0 aliphatic carbocycles. The molecule has 1 fully saturated rings. The lowest BCUT2D eigenvalue weighted by molar-refractivity contribution is -0.192. The number of aromatic nitrogens is 2. The number of rotatable bonds is 5. The molecule has 1 saturated heterocycles. The molecule has 4 rings (SSSR count). The van der Waals surface area contributed by atoms with Gasteiger partial charge in [0.25, 0.3) is 0 Å². The maximum atomic E-state index is 12.0. The molecule has 2 aliphatic heterocycles. The van der Waals surface area contributed by atoms with Crippen molar-refractivity contribution in [3.63, 3.8) is 0 Å². The minimum Gasteiger partial charge on any atom is -0.496 e. The Morgan fingerprint density at radius 3 is 2.66 bits per heavy atom. The van der Waals surface area contributed by atoms with Crippen LogP contribution in [-0.4, -0.2) is 69.3 Å². The number of methoxy groups -OCH3 is 1. The fourth-order valence-corrected chi connectivity index (χ4v) is 3.96. The second-order valence-electron chi connectivity index (χ2n) is 7.67. The molecule has 11 heteroatoms. The lowest BCUT2D eigenvalue weighted by Crippen LogP contribution is -2.42. The first-order chi connectivity index (χ1) is 15.2.